The minimum atomic E-state index is -0.699. The third kappa shape index (κ3) is 1.70. The summed E-state index contributed by atoms with van der Waals surface area (Å²) >= 11 is 0. The van der Waals surface area contributed by atoms with Crippen molar-refractivity contribution in [1.82, 2.24) is 0 Å². The summed E-state index contributed by atoms with van der Waals surface area (Å²) in [6, 6.07) is 18.4. The number of methoxy groups -OCH3 is 1. The van der Waals surface area contributed by atoms with Crippen molar-refractivity contribution in [1.29, 1.82) is 0 Å². The number of rotatable bonds is 1. The maximum atomic E-state index is 12.7. The monoisotopic (exact) mass is 347 g/mol. The second kappa shape index (κ2) is 5.21. The van der Waals surface area contributed by atoms with Crippen LogP contribution in [0.25, 0.3) is 6.08 Å². The van der Waals surface area contributed by atoms with E-state index in [4.69, 9.17) is 9.47 Å². The lowest BCUT2D eigenvalue weighted by molar-refractivity contribution is -0.00948. The number of para-hydroxylation sites is 1. The van der Waals surface area contributed by atoms with E-state index in [1.807, 2.05) is 36.4 Å². The summed E-state index contributed by atoms with van der Waals surface area (Å²) in [6.07, 6.45) is 3.63. The van der Waals surface area contributed by atoms with E-state index in [2.05, 4.69) is 31.2 Å². The number of hydrogen-bond acceptors (Lipinski definition) is 3. The van der Waals surface area contributed by atoms with Crippen molar-refractivity contribution in [2.45, 2.75) is 37.0 Å². The standard InChI is InChI=1S/C22H21NO3/c1-21-16-10-6-7-11-18(16)23(20(24)25-2)22(21)13-12-19(26-22)17(21)14-15-8-4-3-5-9-15/h3-11,14,19H,12-13H2,1-2H3/b17-14+/t19-,21-,22+/m1/s1. The van der Waals surface area contributed by atoms with E-state index in [0.717, 1.165) is 29.7 Å². The molecule has 3 atom stereocenters. The van der Waals surface area contributed by atoms with Crippen LogP contribution in [0.2, 0.25) is 0 Å². The summed E-state index contributed by atoms with van der Waals surface area (Å²) in [5.74, 6) is 0. The molecular weight excluding hydrogens is 326 g/mol. The zero-order valence-corrected chi connectivity index (χ0v) is 14.9. The minimum absolute atomic E-state index is 0.0284. The molecule has 4 heteroatoms. The van der Waals surface area contributed by atoms with Gasteiger partial charge in [0.2, 0.25) is 0 Å². The number of amides is 1. The van der Waals surface area contributed by atoms with Crippen LogP contribution in [0.15, 0.2) is 60.2 Å². The number of carbonyl (C=O) groups excluding carboxylic acids is 1. The molecule has 26 heavy (non-hydrogen) atoms. The average molecular weight is 347 g/mol. The van der Waals surface area contributed by atoms with Gasteiger partial charge in [-0.1, -0.05) is 54.6 Å². The van der Waals surface area contributed by atoms with Gasteiger partial charge in [-0.25, -0.2) is 9.69 Å². The van der Waals surface area contributed by atoms with Gasteiger partial charge in [0.25, 0.3) is 0 Å². The molecule has 2 aromatic rings. The quantitative estimate of drug-likeness (QED) is 0.762. The van der Waals surface area contributed by atoms with Crippen molar-refractivity contribution < 1.29 is 14.3 Å². The van der Waals surface area contributed by atoms with Crippen LogP contribution in [0.5, 0.6) is 0 Å². The van der Waals surface area contributed by atoms with E-state index in [0.29, 0.717) is 0 Å². The van der Waals surface area contributed by atoms with Crippen LogP contribution in [-0.4, -0.2) is 25.0 Å². The zero-order valence-electron chi connectivity index (χ0n) is 14.9. The van der Waals surface area contributed by atoms with Crippen LogP contribution in [0.3, 0.4) is 0 Å². The van der Waals surface area contributed by atoms with E-state index in [1.54, 1.807) is 4.90 Å². The lowest BCUT2D eigenvalue weighted by Gasteiger charge is -2.41. The molecule has 1 spiro atoms. The molecule has 4 nitrogen and oxygen atoms in total. The van der Waals surface area contributed by atoms with Crippen molar-refractivity contribution in [2.24, 2.45) is 0 Å². The number of fused-ring (bicyclic) bond motifs is 3. The number of carbonyl (C=O) groups is 1. The first-order valence-electron chi connectivity index (χ1n) is 9.04. The molecule has 132 valence electrons. The van der Waals surface area contributed by atoms with E-state index in [9.17, 15) is 4.79 Å². The molecule has 0 aromatic heterocycles. The number of ether oxygens (including phenoxy) is 2. The van der Waals surface area contributed by atoms with E-state index < -0.39 is 5.72 Å². The molecule has 0 saturated carbocycles. The van der Waals surface area contributed by atoms with Gasteiger partial charge in [-0.05, 0) is 42.5 Å². The lowest BCUT2D eigenvalue weighted by atomic mass is 9.65. The molecular formula is C22H21NO3. The second-order valence-electron chi connectivity index (χ2n) is 7.39. The molecule has 3 heterocycles. The van der Waals surface area contributed by atoms with Gasteiger partial charge in [-0.15, -0.1) is 0 Å². The molecule has 5 rings (SSSR count). The highest BCUT2D eigenvalue weighted by atomic mass is 16.6. The Morgan fingerprint density at radius 2 is 1.92 bits per heavy atom. The summed E-state index contributed by atoms with van der Waals surface area (Å²) in [5, 5.41) is 0. The Bertz CT molecular complexity index is 922. The molecule has 0 N–H and O–H groups in total. The zero-order chi connectivity index (χ0) is 17.9. The van der Waals surface area contributed by atoms with Gasteiger partial charge in [0, 0.05) is 0 Å². The maximum absolute atomic E-state index is 12.7. The topological polar surface area (TPSA) is 38.8 Å². The second-order valence-corrected chi connectivity index (χ2v) is 7.39. The van der Waals surface area contributed by atoms with Crippen molar-refractivity contribution in [2.75, 3.05) is 12.0 Å². The van der Waals surface area contributed by atoms with Crippen LogP contribution in [0, 0.1) is 0 Å². The number of nitrogens with zero attached hydrogens (tertiary/aromatic N) is 1. The van der Waals surface area contributed by atoms with Crippen molar-refractivity contribution in [3.63, 3.8) is 0 Å². The van der Waals surface area contributed by atoms with E-state index in [1.165, 1.54) is 12.7 Å². The third-order valence-electron chi connectivity index (χ3n) is 6.31. The Morgan fingerprint density at radius 1 is 1.19 bits per heavy atom. The molecule has 3 aliphatic rings. The van der Waals surface area contributed by atoms with Crippen LogP contribution in [-0.2, 0) is 14.9 Å². The normalized spacial score (nSPS) is 32.6. The molecule has 2 aromatic carbocycles. The molecule has 2 fully saturated rings. The Morgan fingerprint density at radius 3 is 2.69 bits per heavy atom. The van der Waals surface area contributed by atoms with Crippen molar-refractivity contribution >= 4 is 17.9 Å². The van der Waals surface area contributed by atoms with Crippen LogP contribution in [0.4, 0.5) is 10.5 Å². The fraction of sp³-hybridized carbons (Fsp3) is 0.318. The Hall–Kier alpha value is -2.59. The lowest BCUT2D eigenvalue weighted by Crippen LogP contribution is -2.56. The first-order valence-corrected chi connectivity index (χ1v) is 9.04. The fourth-order valence-electron chi connectivity index (χ4n) is 5.16. The highest BCUT2D eigenvalue weighted by Gasteiger charge is 2.72. The van der Waals surface area contributed by atoms with Crippen molar-refractivity contribution in [3.8, 4) is 0 Å². The number of anilines is 1. The molecule has 0 aliphatic carbocycles. The van der Waals surface area contributed by atoms with Gasteiger partial charge < -0.3 is 9.47 Å². The summed E-state index contributed by atoms with van der Waals surface area (Å²) in [5.41, 5.74) is 3.35. The predicted molar refractivity (Wildman–Crippen MR) is 99.9 cm³/mol. The predicted octanol–water partition coefficient (Wildman–Crippen LogP) is 4.50. The Labute approximate surface area is 153 Å². The minimum Gasteiger partial charge on any atom is -0.452 e. The molecule has 1 amide bonds. The van der Waals surface area contributed by atoms with Gasteiger partial charge in [0.1, 0.15) is 0 Å². The van der Waals surface area contributed by atoms with Crippen LogP contribution < -0.4 is 4.90 Å². The largest absolute Gasteiger partial charge is 0.452 e. The third-order valence-corrected chi connectivity index (χ3v) is 6.31. The molecule has 0 radical (unpaired) electrons. The number of benzene rings is 2. The molecule has 0 unspecified atom stereocenters. The summed E-state index contributed by atoms with van der Waals surface area (Å²) in [4.78, 5) is 14.5. The smallest absolute Gasteiger partial charge is 0.416 e. The van der Waals surface area contributed by atoms with Crippen LogP contribution >= 0.6 is 0 Å². The molecule has 2 bridgehead atoms. The van der Waals surface area contributed by atoms with Crippen LogP contribution in [0.1, 0.15) is 30.9 Å². The van der Waals surface area contributed by atoms with Gasteiger partial charge in [-0.3, -0.25) is 0 Å². The number of hydrogen-bond donors (Lipinski definition) is 0. The van der Waals surface area contributed by atoms with Gasteiger partial charge in [0.05, 0.1) is 24.3 Å². The summed E-state index contributed by atoms with van der Waals surface area (Å²) in [7, 11) is 1.43. The van der Waals surface area contributed by atoms with Gasteiger partial charge in [-0.2, -0.15) is 0 Å². The first-order chi connectivity index (χ1) is 12.6. The highest BCUT2D eigenvalue weighted by molar-refractivity contribution is 5.95. The maximum Gasteiger partial charge on any atom is 0.416 e. The summed E-state index contributed by atoms with van der Waals surface area (Å²) < 4.78 is 11.7. The molecule has 2 saturated heterocycles. The fourth-order valence-corrected chi connectivity index (χ4v) is 5.16. The highest BCUT2D eigenvalue weighted by Crippen LogP contribution is 2.67. The first kappa shape index (κ1) is 15.6. The summed E-state index contributed by atoms with van der Waals surface area (Å²) in [6.45, 7) is 2.21. The SMILES string of the molecule is COC(=O)N1c2ccccc2[C@]2(C)/C(=C/c3ccccc3)[C@H]3CC[C@@]12O3. The van der Waals surface area contributed by atoms with E-state index in [-0.39, 0.29) is 17.6 Å². The average Bonchev–Trinajstić information content (AvgIpc) is 3.27. The van der Waals surface area contributed by atoms with Crippen molar-refractivity contribution in [3.05, 3.63) is 71.3 Å². The van der Waals surface area contributed by atoms with Gasteiger partial charge >= 0.3 is 6.09 Å². The Kier molecular flexibility index (Phi) is 3.13. The van der Waals surface area contributed by atoms with Gasteiger partial charge in [0.15, 0.2) is 5.72 Å². The Balaban J connectivity index is 1.76. The molecule has 3 aliphatic heterocycles. The van der Waals surface area contributed by atoms with E-state index >= 15 is 0 Å².